The van der Waals surface area contributed by atoms with Gasteiger partial charge in [0.15, 0.2) is 18.1 Å². The normalized spacial score (nSPS) is 14.6. The minimum absolute atomic E-state index is 0.0434. The van der Waals surface area contributed by atoms with Gasteiger partial charge in [-0.1, -0.05) is 24.3 Å². The van der Waals surface area contributed by atoms with Crippen LogP contribution in [0, 0.1) is 0 Å². The van der Waals surface area contributed by atoms with Gasteiger partial charge in [-0.2, -0.15) is 0 Å². The molecule has 1 aliphatic carbocycles. The molecule has 0 unspecified atom stereocenters. The number of carbonyl (C=O) groups excluding carboxylic acids is 1. The number of benzene rings is 2. The smallest absolute Gasteiger partial charge is 0.258 e. The topological polar surface area (TPSA) is 56.8 Å². The van der Waals surface area contributed by atoms with Crippen LogP contribution in [0.25, 0.3) is 0 Å². The minimum atomic E-state index is -0.270. The maximum Gasteiger partial charge on any atom is 0.258 e. The number of para-hydroxylation sites is 2. The highest BCUT2D eigenvalue weighted by Crippen LogP contribution is 2.45. The summed E-state index contributed by atoms with van der Waals surface area (Å²) in [7, 11) is 3.21. The van der Waals surface area contributed by atoms with Gasteiger partial charge in [0, 0.05) is 0 Å². The van der Waals surface area contributed by atoms with Crippen LogP contribution in [-0.4, -0.2) is 26.7 Å². The zero-order valence-electron chi connectivity index (χ0n) is 13.9. The van der Waals surface area contributed by atoms with Crippen LogP contribution in [0.5, 0.6) is 17.2 Å². The summed E-state index contributed by atoms with van der Waals surface area (Å²) in [4.78, 5) is 12.3. The number of carbonyl (C=O) groups is 1. The molecule has 0 spiro atoms. The lowest BCUT2D eigenvalue weighted by Crippen LogP contribution is -2.38. The second-order valence-electron chi connectivity index (χ2n) is 5.80. The molecule has 0 heterocycles. The molecule has 126 valence electrons. The number of rotatable bonds is 7. The Morgan fingerprint density at radius 1 is 1.00 bits per heavy atom. The molecule has 2 aromatic rings. The fourth-order valence-corrected chi connectivity index (χ4v) is 2.71. The lowest BCUT2D eigenvalue weighted by atomic mass is 10.0. The van der Waals surface area contributed by atoms with Crippen LogP contribution in [0.1, 0.15) is 18.4 Å². The fourth-order valence-electron chi connectivity index (χ4n) is 2.71. The molecule has 0 saturated heterocycles. The largest absolute Gasteiger partial charge is 0.497 e. The van der Waals surface area contributed by atoms with Crippen LogP contribution in [0.15, 0.2) is 48.5 Å². The van der Waals surface area contributed by atoms with Gasteiger partial charge in [0.1, 0.15) is 5.75 Å². The van der Waals surface area contributed by atoms with E-state index >= 15 is 0 Å². The quantitative estimate of drug-likeness (QED) is 0.849. The molecule has 1 aliphatic rings. The van der Waals surface area contributed by atoms with Gasteiger partial charge in [-0.05, 0) is 42.7 Å². The van der Waals surface area contributed by atoms with Gasteiger partial charge < -0.3 is 19.5 Å². The average molecular weight is 327 g/mol. The Balaban J connectivity index is 1.60. The average Bonchev–Trinajstić information content (AvgIpc) is 3.41. The third-order valence-corrected chi connectivity index (χ3v) is 4.20. The predicted molar refractivity (Wildman–Crippen MR) is 90.5 cm³/mol. The van der Waals surface area contributed by atoms with Crippen LogP contribution >= 0.6 is 0 Å². The van der Waals surface area contributed by atoms with Crippen LogP contribution in [-0.2, 0) is 10.3 Å². The van der Waals surface area contributed by atoms with E-state index in [-0.39, 0.29) is 18.1 Å². The van der Waals surface area contributed by atoms with Crippen molar-refractivity contribution in [2.45, 2.75) is 18.4 Å². The van der Waals surface area contributed by atoms with E-state index in [1.165, 1.54) is 0 Å². The van der Waals surface area contributed by atoms with E-state index < -0.39 is 0 Å². The van der Waals surface area contributed by atoms with Crippen molar-refractivity contribution < 1.29 is 19.0 Å². The first-order valence-corrected chi connectivity index (χ1v) is 7.88. The van der Waals surface area contributed by atoms with Gasteiger partial charge in [0.25, 0.3) is 5.91 Å². The van der Waals surface area contributed by atoms with Crippen molar-refractivity contribution in [2.75, 3.05) is 20.8 Å². The molecule has 1 saturated carbocycles. The maximum atomic E-state index is 12.3. The van der Waals surface area contributed by atoms with E-state index in [0.29, 0.717) is 11.5 Å². The van der Waals surface area contributed by atoms with Crippen LogP contribution < -0.4 is 19.5 Å². The summed E-state index contributed by atoms with van der Waals surface area (Å²) in [5, 5.41) is 3.08. The molecule has 5 heteroatoms. The molecule has 2 aromatic carbocycles. The van der Waals surface area contributed by atoms with Gasteiger partial charge in [-0.25, -0.2) is 0 Å². The molecule has 0 radical (unpaired) electrons. The fraction of sp³-hybridized carbons (Fsp3) is 0.316. The molecule has 5 nitrogen and oxygen atoms in total. The SMILES string of the molecule is COc1ccc(C2(NC(=O)COc3ccccc3OC)CC2)cc1. The number of methoxy groups -OCH3 is 2. The first-order chi connectivity index (χ1) is 11.7. The molecule has 3 rings (SSSR count). The Labute approximate surface area is 141 Å². The Kier molecular flexibility index (Phi) is 4.60. The summed E-state index contributed by atoms with van der Waals surface area (Å²) in [5.41, 5.74) is 0.821. The monoisotopic (exact) mass is 327 g/mol. The molecule has 0 aromatic heterocycles. The summed E-state index contributed by atoms with van der Waals surface area (Å²) < 4.78 is 16.0. The van der Waals surface area contributed by atoms with Crippen LogP contribution in [0.2, 0.25) is 0 Å². The number of hydrogen-bond donors (Lipinski definition) is 1. The number of nitrogens with one attached hydrogen (secondary N) is 1. The van der Waals surface area contributed by atoms with Crippen LogP contribution in [0.4, 0.5) is 0 Å². The van der Waals surface area contributed by atoms with E-state index in [2.05, 4.69) is 5.32 Å². The molecule has 24 heavy (non-hydrogen) atoms. The standard InChI is InChI=1S/C19H21NO4/c1-22-15-9-7-14(8-10-15)19(11-12-19)20-18(21)13-24-17-6-4-3-5-16(17)23-2/h3-10H,11-13H2,1-2H3,(H,20,21). The first-order valence-electron chi connectivity index (χ1n) is 7.88. The van der Waals surface area contributed by atoms with Crippen molar-refractivity contribution in [3.8, 4) is 17.2 Å². The summed E-state index contributed by atoms with van der Waals surface area (Å²) >= 11 is 0. The Morgan fingerprint density at radius 2 is 1.67 bits per heavy atom. The Hall–Kier alpha value is -2.69. The van der Waals surface area contributed by atoms with E-state index in [0.717, 1.165) is 24.2 Å². The summed E-state index contributed by atoms with van der Waals surface area (Å²) in [6.45, 7) is -0.0434. The summed E-state index contributed by atoms with van der Waals surface area (Å²) in [5.74, 6) is 1.83. The molecule has 1 fully saturated rings. The highest BCUT2D eigenvalue weighted by Gasteiger charge is 2.45. The lowest BCUT2D eigenvalue weighted by Gasteiger charge is -2.19. The Bertz CT molecular complexity index is 708. The van der Waals surface area contributed by atoms with E-state index in [1.807, 2.05) is 36.4 Å². The van der Waals surface area contributed by atoms with Crippen molar-refractivity contribution in [3.05, 3.63) is 54.1 Å². The zero-order chi connectivity index (χ0) is 17.0. The van der Waals surface area contributed by atoms with E-state index in [1.54, 1.807) is 26.4 Å². The third kappa shape index (κ3) is 3.45. The number of amides is 1. The molecule has 1 N–H and O–H groups in total. The van der Waals surface area contributed by atoms with Gasteiger partial charge in [-0.3, -0.25) is 4.79 Å². The highest BCUT2D eigenvalue weighted by molar-refractivity contribution is 5.79. The summed E-state index contributed by atoms with van der Waals surface area (Å²) in [6.07, 6.45) is 1.86. The lowest BCUT2D eigenvalue weighted by molar-refractivity contribution is -0.124. The zero-order valence-corrected chi connectivity index (χ0v) is 13.9. The Morgan fingerprint density at radius 3 is 2.25 bits per heavy atom. The van der Waals surface area contributed by atoms with Crippen LogP contribution in [0.3, 0.4) is 0 Å². The predicted octanol–water partition coefficient (Wildman–Crippen LogP) is 2.89. The first kappa shape index (κ1) is 16.2. The van der Waals surface area contributed by atoms with Crippen molar-refractivity contribution in [1.29, 1.82) is 0 Å². The second-order valence-corrected chi connectivity index (χ2v) is 5.80. The highest BCUT2D eigenvalue weighted by atomic mass is 16.5. The number of ether oxygens (including phenoxy) is 3. The molecular formula is C19H21NO4. The molecule has 1 amide bonds. The minimum Gasteiger partial charge on any atom is -0.497 e. The number of hydrogen-bond acceptors (Lipinski definition) is 4. The molecule has 0 atom stereocenters. The summed E-state index contributed by atoms with van der Waals surface area (Å²) in [6, 6.07) is 15.1. The van der Waals surface area contributed by atoms with Gasteiger partial charge in [-0.15, -0.1) is 0 Å². The van der Waals surface area contributed by atoms with Crippen molar-refractivity contribution in [3.63, 3.8) is 0 Å². The van der Waals surface area contributed by atoms with Gasteiger partial charge in [0.2, 0.25) is 0 Å². The third-order valence-electron chi connectivity index (χ3n) is 4.20. The molecule has 0 bridgehead atoms. The second kappa shape index (κ2) is 6.83. The van der Waals surface area contributed by atoms with Gasteiger partial charge >= 0.3 is 0 Å². The van der Waals surface area contributed by atoms with Crippen molar-refractivity contribution in [2.24, 2.45) is 0 Å². The van der Waals surface area contributed by atoms with E-state index in [4.69, 9.17) is 14.2 Å². The molecular weight excluding hydrogens is 306 g/mol. The maximum absolute atomic E-state index is 12.3. The van der Waals surface area contributed by atoms with Gasteiger partial charge in [0.05, 0.1) is 19.8 Å². The van der Waals surface area contributed by atoms with Crippen molar-refractivity contribution in [1.82, 2.24) is 5.32 Å². The van der Waals surface area contributed by atoms with E-state index in [9.17, 15) is 4.79 Å². The van der Waals surface area contributed by atoms with Crippen molar-refractivity contribution >= 4 is 5.91 Å². The molecule has 0 aliphatic heterocycles.